The van der Waals surface area contributed by atoms with Crippen molar-refractivity contribution in [2.45, 2.75) is 24.7 Å². The number of amidine groups is 1. The van der Waals surface area contributed by atoms with Gasteiger partial charge in [-0.2, -0.15) is 0 Å². The minimum atomic E-state index is 0.0141. The van der Waals surface area contributed by atoms with E-state index in [9.17, 15) is 4.79 Å². The highest BCUT2D eigenvalue weighted by Gasteiger charge is 2.39. The molecule has 0 bridgehead atoms. The number of thioether (sulfide) groups is 2. The molecule has 0 atom stereocenters. The van der Waals surface area contributed by atoms with Gasteiger partial charge in [-0.1, -0.05) is 25.1 Å². The number of nitrogens with zero attached hydrogens (tertiary/aromatic N) is 5. The number of amides is 1. The van der Waals surface area contributed by atoms with Gasteiger partial charge in [0, 0.05) is 31.6 Å². The van der Waals surface area contributed by atoms with E-state index >= 15 is 0 Å². The van der Waals surface area contributed by atoms with Crippen molar-refractivity contribution in [2.75, 3.05) is 25.6 Å². The van der Waals surface area contributed by atoms with Gasteiger partial charge in [0.1, 0.15) is 10.7 Å². The molecule has 9 heteroatoms. The Morgan fingerprint density at radius 1 is 1.12 bits per heavy atom. The molecule has 5 rings (SSSR count). The first-order valence-corrected chi connectivity index (χ1v) is 12.5. The molecule has 0 saturated carbocycles. The van der Waals surface area contributed by atoms with E-state index in [1.165, 1.54) is 11.8 Å². The fourth-order valence-corrected chi connectivity index (χ4v) is 6.24. The standard InChI is InChI=1S/C24H25N5O2S2/c1-5-6-11-29-22(30)21(23-28(3)19-13-16(31-4)8-10-20(19)32-23)33-24(29)26-15-7-9-18-17(12-15)25-14-27(18)2/h7-10,12-14H,5-6,11H2,1-4H3. The molecule has 0 N–H and O–H groups in total. The molecule has 2 aliphatic heterocycles. The summed E-state index contributed by atoms with van der Waals surface area (Å²) in [6.07, 6.45) is 3.73. The van der Waals surface area contributed by atoms with Crippen LogP contribution in [-0.4, -0.2) is 46.2 Å². The second-order valence-corrected chi connectivity index (χ2v) is 9.97. The molecule has 170 valence electrons. The first kappa shape index (κ1) is 21.9. The van der Waals surface area contributed by atoms with E-state index in [4.69, 9.17) is 9.73 Å². The smallest absolute Gasteiger partial charge is 0.269 e. The van der Waals surface area contributed by atoms with Gasteiger partial charge in [-0.25, -0.2) is 9.98 Å². The lowest BCUT2D eigenvalue weighted by molar-refractivity contribution is -0.122. The minimum absolute atomic E-state index is 0.0141. The third kappa shape index (κ3) is 3.89. The lowest BCUT2D eigenvalue weighted by Gasteiger charge is -2.16. The Kier molecular flexibility index (Phi) is 5.84. The molecule has 0 radical (unpaired) electrons. The molecule has 2 aromatic carbocycles. The van der Waals surface area contributed by atoms with Crippen molar-refractivity contribution in [3.8, 4) is 5.75 Å². The number of carbonyl (C=O) groups is 1. The lowest BCUT2D eigenvalue weighted by atomic mass is 10.3. The van der Waals surface area contributed by atoms with Gasteiger partial charge in [0.25, 0.3) is 5.91 Å². The Labute approximate surface area is 201 Å². The number of rotatable bonds is 5. The second kappa shape index (κ2) is 8.79. The summed E-state index contributed by atoms with van der Waals surface area (Å²) in [5.41, 5.74) is 3.78. The number of aryl methyl sites for hydroxylation is 1. The molecule has 2 aliphatic rings. The molecule has 1 amide bonds. The molecule has 1 fully saturated rings. The predicted octanol–water partition coefficient (Wildman–Crippen LogP) is 5.36. The van der Waals surface area contributed by atoms with Crippen molar-refractivity contribution >= 4 is 57.0 Å². The fraction of sp³-hybridized carbons (Fsp3) is 0.292. The highest BCUT2D eigenvalue weighted by atomic mass is 32.2. The molecular weight excluding hydrogens is 454 g/mol. The Morgan fingerprint density at radius 3 is 2.76 bits per heavy atom. The Morgan fingerprint density at radius 2 is 1.97 bits per heavy atom. The van der Waals surface area contributed by atoms with E-state index in [1.807, 2.05) is 60.0 Å². The van der Waals surface area contributed by atoms with Crippen LogP contribution in [0.25, 0.3) is 11.0 Å². The van der Waals surface area contributed by atoms with Gasteiger partial charge in [0.2, 0.25) is 0 Å². The van der Waals surface area contributed by atoms with E-state index in [-0.39, 0.29) is 5.91 Å². The maximum absolute atomic E-state index is 13.5. The van der Waals surface area contributed by atoms with Crippen LogP contribution in [-0.2, 0) is 11.8 Å². The van der Waals surface area contributed by atoms with Gasteiger partial charge < -0.3 is 14.2 Å². The maximum atomic E-state index is 13.5. The van der Waals surface area contributed by atoms with Crippen LogP contribution in [0.4, 0.5) is 11.4 Å². The quantitative estimate of drug-likeness (QED) is 0.459. The number of carbonyl (C=O) groups excluding carboxylic acids is 1. The van der Waals surface area contributed by atoms with Crippen LogP contribution in [0.15, 0.2) is 62.5 Å². The summed E-state index contributed by atoms with van der Waals surface area (Å²) >= 11 is 3.07. The number of methoxy groups -OCH3 is 1. The predicted molar refractivity (Wildman–Crippen MR) is 136 cm³/mol. The van der Waals surface area contributed by atoms with Crippen molar-refractivity contribution in [2.24, 2.45) is 12.0 Å². The summed E-state index contributed by atoms with van der Waals surface area (Å²) in [6.45, 7) is 2.78. The Bertz CT molecular complexity index is 1310. The molecule has 3 aromatic rings. The lowest BCUT2D eigenvalue weighted by Crippen LogP contribution is -2.30. The molecule has 0 aliphatic carbocycles. The van der Waals surface area contributed by atoms with Crippen molar-refractivity contribution in [3.05, 3.63) is 52.7 Å². The first-order valence-electron chi connectivity index (χ1n) is 10.8. The number of aliphatic imine (C=N–C) groups is 1. The highest BCUT2D eigenvalue weighted by molar-refractivity contribution is 8.19. The molecule has 1 saturated heterocycles. The first-order chi connectivity index (χ1) is 16.0. The zero-order valence-corrected chi connectivity index (χ0v) is 20.7. The van der Waals surface area contributed by atoms with E-state index in [0.29, 0.717) is 16.6 Å². The summed E-state index contributed by atoms with van der Waals surface area (Å²) < 4.78 is 7.37. The number of anilines is 1. The summed E-state index contributed by atoms with van der Waals surface area (Å²) in [6, 6.07) is 12.0. The van der Waals surface area contributed by atoms with Crippen molar-refractivity contribution < 1.29 is 9.53 Å². The van der Waals surface area contributed by atoms with Crippen LogP contribution in [0.5, 0.6) is 5.75 Å². The van der Waals surface area contributed by atoms with Crippen LogP contribution in [0.3, 0.4) is 0 Å². The number of benzene rings is 2. The number of ether oxygens (including phenoxy) is 1. The summed E-state index contributed by atoms with van der Waals surface area (Å²) in [5.74, 6) is 0.815. The average molecular weight is 480 g/mol. The molecule has 0 unspecified atom stereocenters. The number of imidazole rings is 1. The van der Waals surface area contributed by atoms with Gasteiger partial charge in [-0.05, 0) is 48.5 Å². The Balaban J connectivity index is 1.52. The number of hydrogen-bond acceptors (Lipinski definition) is 7. The van der Waals surface area contributed by atoms with E-state index in [1.54, 1.807) is 25.2 Å². The molecule has 33 heavy (non-hydrogen) atoms. The van der Waals surface area contributed by atoms with Crippen molar-refractivity contribution in [1.29, 1.82) is 0 Å². The average Bonchev–Trinajstić information content (AvgIpc) is 3.45. The van der Waals surface area contributed by atoms with Crippen LogP contribution < -0.4 is 9.64 Å². The minimum Gasteiger partial charge on any atom is -0.497 e. The monoisotopic (exact) mass is 479 g/mol. The van der Waals surface area contributed by atoms with Gasteiger partial charge in [-0.3, -0.25) is 9.69 Å². The van der Waals surface area contributed by atoms with Crippen LogP contribution in [0.2, 0.25) is 0 Å². The van der Waals surface area contributed by atoms with E-state index < -0.39 is 0 Å². The summed E-state index contributed by atoms with van der Waals surface area (Å²) in [7, 11) is 5.63. The normalized spacial score (nSPS) is 19.3. The summed E-state index contributed by atoms with van der Waals surface area (Å²) in [5, 5.41) is 1.65. The van der Waals surface area contributed by atoms with Gasteiger partial charge >= 0.3 is 0 Å². The number of unbranched alkanes of at least 4 members (excludes halogenated alkanes) is 1. The van der Waals surface area contributed by atoms with Crippen LogP contribution >= 0.6 is 23.5 Å². The van der Waals surface area contributed by atoms with E-state index in [2.05, 4.69) is 16.8 Å². The maximum Gasteiger partial charge on any atom is 0.269 e. The largest absolute Gasteiger partial charge is 0.497 e. The number of aromatic nitrogens is 2. The molecular formula is C24H25N5O2S2. The van der Waals surface area contributed by atoms with Crippen molar-refractivity contribution in [3.63, 3.8) is 0 Å². The number of fused-ring (bicyclic) bond motifs is 2. The highest BCUT2D eigenvalue weighted by Crippen LogP contribution is 2.51. The van der Waals surface area contributed by atoms with Gasteiger partial charge in [0.15, 0.2) is 5.17 Å². The van der Waals surface area contributed by atoms with Gasteiger partial charge in [0.05, 0.1) is 40.9 Å². The molecule has 7 nitrogen and oxygen atoms in total. The SMILES string of the molecule is CCCCN1C(=O)C(=C2Sc3ccc(OC)cc3N2C)SC1=Nc1ccc2c(c1)ncn2C. The third-order valence-corrected chi connectivity index (χ3v) is 8.20. The zero-order chi connectivity index (χ0) is 23.1. The Hall–Kier alpha value is -2.91. The van der Waals surface area contributed by atoms with E-state index in [0.717, 1.165) is 50.9 Å². The fourth-order valence-electron chi connectivity index (χ4n) is 3.89. The zero-order valence-electron chi connectivity index (χ0n) is 19.0. The second-order valence-electron chi connectivity index (χ2n) is 7.96. The van der Waals surface area contributed by atoms with Crippen molar-refractivity contribution in [1.82, 2.24) is 14.5 Å². The molecule has 1 aromatic heterocycles. The number of hydrogen-bond donors (Lipinski definition) is 0. The van der Waals surface area contributed by atoms with Gasteiger partial charge in [-0.15, -0.1) is 0 Å². The summed E-state index contributed by atoms with van der Waals surface area (Å²) in [4.78, 5) is 28.6. The van der Waals surface area contributed by atoms with Crippen LogP contribution in [0.1, 0.15) is 19.8 Å². The molecule has 3 heterocycles. The third-order valence-electron chi connectivity index (χ3n) is 5.77. The van der Waals surface area contributed by atoms with Crippen LogP contribution in [0, 0.1) is 0 Å². The molecule has 0 spiro atoms. The topological polar surface area (TPSA) is 63.0 Å².